The quantitative estimate of drug-likeness (QED) is 0.900. The Balaban J connectivity index is 1.48. The molecular weight excluding hydrogens is 316 g/mol. The van der Waals surface area contributed by atoms with Crippen molar-refractivity contribution in [2.24, 2.45) is 0 Å². The van der Waals surface area contributed by atoms with Gasteiger partial charge >= 0.3 is 0 Å². The third-order valence-electron chi connectivity index (χ3n) is 4.56. The van der Waals surface area contributed by atoms with Crippen molar-refractivity contribution in [1.29, 1.82) is 0 Å². The summed E-state index contributed by atoms with van der Waals surface area (Å²) < 4.78 is 0. The number of halogens is 1. The molecule has 3 nitrogen and oxygen atoms in total. The van der Waals surface area contributed by atoms with Gasteiger partial charge in [-0.1, -0.05) is 23.7 Å². The first-order chi connectivity index (χ1) is 10.7. The van der Waals surface area contributed by atoms with Crippen LogP contribution < -0.4 is 10.6 Å². The summed E-state index contributed by atoms with van der Waals surface area (Å²) in [6.07, 6.45) is 3.48. The lowest BCUT2D eigenvalue weighted by Crippen LogP contribution is -2.42. The number of carbonyl (C=O) groups excluding carboxylic acids is 1. The molecule has 2 bridgehead atoms. The van der Waals surface area contributed by atoms with E-state index in [0.29, 0.717) is 17.1 Å². The van der Waals surface area contributed by atoms with Crippen molar-refractivity contribution in [1.82, 2.24) is 10.6 Å². The third kappa shape index (κ3) is 2.67. The molecule has 4 rings (SSSR count). The van der Waals surface area contributed by atoms with Gasteiger partial charge in [-0.05, 0) is 49.1 Å². The molecule has 0 unspecified atom stereocenters. The summed E-state index contributed by atoms with van der Waals surface area (Å²) in [4.78, 5) is 14.3. The minimum atomic E-state index is 0.0395. The number of thiophene rings is 1. The van der Waals surface area contributed by atoms with Crippen LogP contribution in [-0.4, -0.2) is 24.0 Å². The van der Waals surface area contributed by atoms with E-state index >= 15 is 0 Å². The third-order valence-corrected chi connectivity index (χ3v) is 5.92. The van der Waals surface area contributed by atoms with Gasteiger partial charge in [0.1, 0.15) is 0 Å². The molecular formula is C17H17ClN2OS. The number of hydrogen-bond acceptors (Lipinski definition) is 3. The lowest BCUT2D eigenvalue weighted by molar-refractivity contribution is 0.0935. The smallest absolute Gasteiger partial charge is 0.261 e. The summed E-state index contributed by atoms with van der Waals surface area (Å²) in [5.41, 5.74) is 1.05. The van der Waals surface area contributed by atoms with Crippen LogP contribution in [0.5, 0.6) is 0 Å². The van der Waals surface area contributed by atoms with Crippen molar-refractivity contribution >= 4 is 28.8 Å². The van der Waals surface area contributed by atoms with Crippen LogP contribution in [0, 0.1) is 0 Å². The summed E-state index contributed by atoms with van der Waals surface area (Å²) in [7, 11) is 0. The lowest BCUT2D eigenvalue weighted by Gasteiger charge is -2.20. The number of benzene rings is 1. The molecule has 2 fully saturated rings. The molecule has 3 atom stereocenters. The van der Waals surface area contributed by atoms with Crippen molar-refractivity contribution in [3.05, 3.63) is 46.3 Å². The van der Waals surface area contributed by atoms with Crippen molar-refractivity contribution < 1.29 is 4.79 Å². The van der Waals surface area contributed by atoms with Gasteiger partial charge in [0, 0.05) is 28.0 Å². The van der Waals surface area contributed by atoms with Gasteiger partial charge in [0.2, 0.25) is 0 Å². The molecule has 2 aliphatic rings. The number of hydrogen-bond donors (Lipinski definition) is 2. The fourth-order valence-corrected chi connectivity index (χ4v) is 4.58. The van der Waals surface area contributed by atoms with E-state index < -0.39 is 0 Å². The van der Waals surface area contributed by atoms with E-state index in [2.05, 4.69) is 10.6 Å². The molecule has 0 aliphatic carbocycles. The van der Waals surface area contributed by atoms with Crippen molar-refractivity contribution in [3.63, 3.8) is 0 Å². The van der Waals surface area contributed by atoms with Gasteiger partial charge < -0.3 is 10.6 Å². The largest absolute Gasteiger partial charge is 0.347 e. The minimum Gasteiger partial charge on any atom is -0.347 e. The maximum absolute atomic E-state index is 12.4. The molecule has 2 aliphatic heterocycles. The molecule has 0 saturated carbocycles. The van der Waals surface area contributed by atoms with E-state index in [-0.39, 0.29) is 11.9 Å². The molecule has 1 amide bonds. The first kappa shape index (κ1) is 14.2. The summed E-state index contributed by atoms with van der Waals surface area (Å²) in [6, 6.07) is 13.0. The van der Waals surface area contributed by atoms with E-state index in [4.69, 9.17) is 11.6 Å². The van der Waals surface area contributed by atoms with Crippen LogP contribution >= 0.6 is 22.9 Å². The average molecular weight is 333 g/mol. The highest BCUT2D eigenvalue weighted by Crippen LogP contribution is 2.31. The van der Waals surface area contributed by atoms with Crippen LogP contribution in [0.3, 0.4) is 0 Å². The van der Waals surface area contributed by atoms with Gasteiger partial charge in [-0.15, -0.1) is 11.3 Å². The molecule has 0 spiro atoms. The Labute approximate surface area is 138 Å². The zero-order chi connectivity index (χ0) is 15.1. The monoisotopic (exact) mass is 332 g/mol. The van der Waals surface area contributed by atoms with Crippen molar-refractivity contribution in [2.75, 3.05) is 0 Å². The molecule has 1 aromatic carbocycles. The highest BCUT2D eigenvalue weighted by molar-refractivity contribution is 7.17. The molecule has 5 heteroatoms. The Kier molecular flexibility index (Phi) is 3.68. The van der Waals surface area contributed by atoms with Crippen LogP contribution in [0.15, 0.2) is 36.4 Å². The zero-order valence-corrected chi connectivity index (χ0v) is 13.6. The standard InChI is InChI=1S/C17H17ClN2OS/c18-11-3-1-2-10(8-11)15-6-7-16(22-15)17(21)20-14-9-12-4-5-13(14)19-12/h1-3,6-8,12-14,19H,4-5,9H2,(H,20,21)/t12-,13-,14+/m0/s1. The van der Waals surface area contributed by atoms with E-state index in [1.807, 2.05) is 36.4 Å². The van der Waals surface area contributed by atoms with Gasteiger partial charge in [-0.25, -0.2) is 0 Å². The number of carbonyl (C=O) groups is 1. The van der Waals surface area contributed by atoms with Gasteiger partial charge in [0.25, 0.3) is 5.91 Å². The Morgan fingerprint density at radius 1 is 1.27 bits per heavy atom. The molecule has 2 N–H and O–H groups in total. The molecule has 2 saturated heterocycles. The summed E-state index contributed by atoms with van der Waals surface area (Å²) >= 11 is 7.55. The maximum Gasteiger partial charge on any atom is 0.261 e. The second-order valence-electron chi connectivity index (χ2n) is 6.04. The topological polar surface area (TPSA) is 41.1 Å². The number of fused-ring (bicyclic) bond motifs is 2. The normalized spacial score (nSPS) is 26.3. The maximum atomic E-state index is 12.4. The van der Waals surface area contributed by atoms with Crippen LogP contribution in [0.25, 0.3) is 10.4 Å². The van der Waals surface area contributed by atoms with Gasteiger partial charge in [-0.2, -0.15) is 0 Å². The zero-order valence-electron chi connectivity index (χ0n) is 12.0. The molecule has 1 aromatic heterocycles. The number of amides is 1. The van der Waals surface area contributed by atoms with E-state index in [1.165, 1.54) is 24.2 Å². The van der Waals surface area contributed by atoms with Gasteiger partial charge in [0.05, 0.1) is 4.88 Å². The number of rotatable bonds is 3. The molecule has 3 heterocycles. The van der Waals surface area contributed by atoms with Crippen LogP contribution in [0.4, 0.5) is 0 Å². The van der Waals surface area contributed by atoms with Crippen LogP contribution in [0.2, 0.25) is 5.02 Å². The Bertz CT molecular complexity index is 714. The fraction of sp³-hybridized carbons (Fsp3) is 0.353. The Morgan fingerprint density at radius 2 is 2.18 bits per heavy atom. The van der Waals surface area contributed by atoms with Crippen LogP contribution in [-0.2, 0) is 0 Å². The fourth-order valence-electron chi connectivity index (χ4n) is 3.48. The summed E-state index contributed by atoms with van der Waals surface area (Å²) in [5.74, 6) is 0.0395. The predicted octanol–water partition coefficient (Wildman–Crippen LogP) is 3.69. The second kappa shape index (κ2) is 5.69. The van der Waals surface area contributed by atoms with Gasteiger partial charge in [0.15, 0.2) is 0 Å². The highest BCUT2D eigenvalue weighted by atomic mass is 35.5. The minimum absolute atomic E-state index is 0.0395. The van der Waals surface area contributed by atoms with Crippen molar-refractivity contribution in [2.45, 2.75) is 37.4 Å². The predicted molar refractivity (Wildman–Crippen MR) is 90.6 cm³/mol. The Hall–Kier alpha value is -1.36. The van der Waals surface area contributed by atoms with E-state index in [0.717, 1.165) is 21.7 Å². The summed E-state index contributed by atoms with van der Waals surface area (Å²) in [5, 5.41) is 7.44. The second-order valence-corrected chi connectivity index (χ2v) is 7.56. The molecule has 22 heavy (non-hydrogen) atoms. The Morgan fingerprint density at radius 3 is 2.91 bits per heavy atom. The van der Waals surface area contributed by atoms with Gasteiger partial charge in [-0.3, -0.25) is 4.79 Å². The van der Waals surface area contributed by atoms with E-state index in [9.17, 15) is 4.79 Å². The molecule has 114 valence electrons. The first-order valence-electron chi connectivity index (χ1n) is 7.62. The molecule has 0 radical (unpaired) electrons. The first-order valence-corrected chi connectivity index (χ1v) is 8.81. The highest BCUT2D eigenvalue weighted by Gasteiger charge is 2.39. The van der Waals surface area contributed by atoms with E-state index in [1.54, 1.807) is 0 Å². The average Bonchev–Trinajstić information content (AvgIpc) is 3.23. The van der Waals surface area contributed by atoms with Crippen LogP contribution in [0.1, 0.15) is 28.9 Å². The summed E-state index contributed by atoms with van der Waals surface area (Å²) in [6.45, 7) is 0. The van der Waals surface area contributed by atoms with Crippen molar-refractivity contribution in [3.8, 4) is 10.4 Å². The number of nitrogens with one attached hydrogen (secondary N) is 2. The molecule has 2 aromatic rings. The SMILES string of the molecule is O=C(N[C@@H]1C[C@@H]2CC[C@@H]1N2)c1ccc(-c2cccc(Cl)c2)s1. The lowest BCUT2D eigenvalue weighted by atomic mass is 9.95.